The lowest BCUT2D eigenvalue weighted by Crippen LogP contribution is -2.24. The van der Waals surface area contributed by atoms with Crippen molar-refractivity contribution in [3.05, 3.63) is 28.2 Å². The van der Waals surface area contributed by atoms with Crippen LogP contribution in [0.15, 0.2) is 22.0 Å². The number of nitrogens with one attached hydrogen (secondary N) is 1. The van der Waals surface area contributed by atoms with Crippen LogP contribution in [-0.4, -0.2) is 35.1 Å². The molecule has 2 aromatic rings. The first-order valence-corrected chi connectivity index (χ1v) is 9.20. The molecule has 0 unspecified atom stereocenters. The van der Waals surface area contributed by atoms with E-state index in [1.54, 1.807) is 11.6 Å². The van der Waals surface area contributed by atoms with E-state index in [1.807, 2.05) is 6.07 Å². The Labute approximate surface area is 146 Å². The molecule has 9 heteroatoms. The summed E-state index contributed by atoms with van der Waals surface area (Å²) in [4.78, 5) is 11.9. The summed E-state index contributed by atoms with van der Waals surface area (Å²) in [6.45, 7) is 1.56. The first-order chi connectivity index (χ1) is 11.2. The molecule has 1 aromatic heterocycles. The Bertz CT molecular complexity index is 682. The van der Waals surface area contributed by atoms with Crippen LogP contribution in [0.3, 0.4) is 0 Å². The highest BCUT2D eigenvalue weighted by Gasteiger charge is 2.16. The molecule has 0 spiro atoms. The van der Waals surface area contributed by atoms with Crippen LogP contribution in [0.5, 0.6) is 11.5 Å². The lowest BCUT2D eigenvalue weighted by molar-refractivity contribution is -0.118. The fourth-order valence-corrected chi connectivity index (χ4v) is 3.60. The molecule has 0 bridgehead atoms. The normalized spacial score (nSPS) is 13.4. The molecule has 0 saturated carbocycles. The van der Waals surface area contributed by atoms with E-state index in [0.29, 0.717) is 42.0 Å². The van der Waals surface area contributed by atoms with Gasteiger partial charge in [-0.15, -0.1) is 10.2 Å². The third-order valence-corrected chi connectivity index (χ3v) is 5.16. The number of carbonyl (C=O) groups is 1. The highest BCUT2D eigenvalue weighted by molar-refractivity contribution is 8.01. The summed E-state index contributed by atoms with van der Waals surface area (Å²) in [7, 11) is 0. The molecule has 0 saturated heterocycles. The summed E-state index contributed by atoms with van der Waals surface area (Å²) in [6, 6.07) is 3.64. The molecule has 23 heavy (non-hydrogen) atoms. The Morgan fingerprint density at radius 3 is 3.09 bits per heavy atom. The molecule has 1 aliphatic heterocycles. The zero-order valence-electron chi connectivity index (χ0n) is 12.1. The Balaban J connectivity index is 1.56. The number of amides is 1. The Kier molecular flexibility index (Phi) is 5.58. The van der Waals surface area contributed by atoms with Gasteiger partial charge in [0.25, 0.3) is 0 Å². The summed E-state index contributed by atoms with van der Waals surface area (Å²) in [6.07, 6.45) is 0.819. The first kappa shape index (κ1) is 16.4. The minimum atomic E-state index is -0.0755. The van der Waals surface area contributed by atoms with E-state index in [-0.39, 0.29) is 5.91 Å². The molecule has 3 rings (SSSR count). The van der Waals surface area contributed by atoms with E-state index in [2.05, 4.69) is 15.5 Å². The molecule has 1 N–H and O–H groups in total. The van der Waals surface area contributed by atoms with Crippen LogP contribution >= 0.6 is 34.7 Å². The van der Waals surface area contributed by atoms with Crippen molar-refractivity contribution in [2.75, 3.05) is 19.0 Å². The van der Waals surface area contributed by atoms with Gasteiger partial charge in [-0.2, -0.15) is 0 Å². The van der Waals surface area contributed by atoms with Gasteiger partial charge in [-0.3, -0.25) is 4.79 Å². The second-order valence-corrected chi connectivity index (χ2v) is 7.19. The monoisotopic (exact) mass is 371 g/mol. The van der Waals surface area contributed by atoms with E-state index < -0.39 is 0 Å². The Hall–Kier alpha value is -1.51. The van der Waals surface area contributed by atoms with E-state index in [0.717, 1.165) is 16.3 Å². The van der Waals surface area contributed by atoms with Crippen molar-refractivity contribution in [3.8, 4) is 11.5 Å². The third-order valence-electron chi connectivity index (χ3n) is 3.02. The molecule has 1 aromatic carbocycles. The number of ether oxygens (including phenoxy) is 2. The fraction of sp³-hybridized carbons (Fsp3) is 0.357. The molecule has 1 amide bonds. The molecule has 0 atom stereocenters. The van der Waals surface area contributed by atoms with Crippen molar-refractivity contribution < 1.29 is 14.3 Å². The smallest absolute Gasteiger partial charge is 0.230 e. The van der Waals surface area contributed by atoms with Gasteiger partial charge >= 0.3 is 0 Å². The van der Waals surface area contributed by atoms with Gasteiger partial charge in [0.15, 0.2) is 15.8 Å². The number of thioether (sulfide) groups is 1. The van der Waals surface area contributed by atoms with Gasteiger partial charge in [-0.05, 0) is 17.7 Å². The van der Waals surface area contributed by atoms with Crippen LogP contribution in [0, 0.1) is 0 Å². The molecular weight excluding hydrogens is 358 g/mol. The number of rotatable bonds is 5. The number of hydrogen-bond acceptors (Lipinski definition) is 7. The number of hydrogen-bond donors (Lipinski definition) is 1. The maximum Gasteiger partial charge on any atom is 0.230 e. The summed E-state index contributed by atoms with van der Waals surface area (Å²) in [5.41, 5.74) is 2.51. The van der Waals surface area contributed by atoms with Crippen molar-refractivity contribution in [2.24, 2.45) is 0 Å². The van der Waals surface area contributed by atoms with Gasteiger partial charge in [0.05, 0.1) is 24.0 Å². The summed E-state index contributed by atoms with van der Waals surface area (Å²) in [5.74, 6) is 1.43. The summed E-state index contributed by atoms with van der Waals surface area (Å²) < 4.78 is 12.0. The Morgan fingerprint density at radius 2 is 2.26 bits per heavy atom. The van der Waals surface area contributed by atoms with Crippen molar-refractivity contribution in [2.45, 2.75) is 17.3 Å². The van der Waals surface area contributed by atoms with Gasteiger partial charge in [-0.25, -0.2) is 0 Å². The van der Waals surface area contributed by atoms with Crippen LogP contribution in [-0.2, 0) is 11.3 Å². The highest BCUT2D eigenvalue weighted by atomic mass is 35.5. The van der Waals surface area contributed by atoms with Crippen LogP contribution in [0.4, 0.5) is 0 Å². The van der Waals surface area contributed by atoms with Crippen LogP contribution in [0.25, 0.3) is 0 Å². The molecule has 122 valence electrons. The van der Waals surface area contributed by atoms with Gasteiger partial charge in [0.2, 0.25) is 5.91 Å². The first-order valence-electron chi connectivity index (χ1n) is 6.96. The number of nitrogens with zero attached hydrogens (tertiary/aromatic N) is 2. The average Bonchev–Trinajstić information content (AvgIpc) is 2.95. The van der Waals surface area contributed by atoms with Crippen molar-refractivity contribution >= 4 is 40.6 Å². The van der Waals surface area contributed by atoms with Crippen LogP contribution < -0.4 is 14.8 Å². The molecule has 1 aliphatic rings. The number of fused-ring (bicyclic) bond motifs is 1. The standard InChI is InChI=1S/C14H14ClN3O3S2/c15-10-4-9(5-11-13(10)21-3-1-2-20-11)6-16-12(19)7-22-14-18-17-8-23-14/h4-5,8H,1-3,6-7H2,(H,16,19). The number of carbonyl (C=O) groups excluding carboxylic acids is 1. The highest BCUT2D eigenvalue weighted by Crippen LogP contribution is 2.37. The lowest BCUT2D eigenvalue weighted by atomic mass is 10.2. The minimum Gasteiger partial charge on any atom is -0.489 e. The van der Waals surface area contributed by atoms with E-state index in [1.165, 1.54) is 23.1 Å². The maximum absolute atomic E-state index is 11.9. The largest absolute Gasteiger partial charge is 0.489 e. The molecule has 0 aliphatic carbocycles. The zero-order valence-corrected chi connectivity index (χ0v) is 14.5. The van der Waals surface area contributed by atoms with Crippen molar-refractivity contribution in [3.63, 3.8) is 0 Å². The molecular formula is C14H14ClN3O3S2. The average molecular weight is 372 g/mol. The second-order valence-electron chi connectivity index (χ2n) is 4.73. The molecule has 6 nitrogen and oxygen atoms in total. The second kappa shape index (κ2) is 7.85. The quantitative estimate of drug-likeness (QED) is 0.815. The molecule has 0 radical (unpaired) electrons. The number of benzene rings is 1. The zero-order chi connectivity index (χ0) is 16.1. The topological polar surface area (TPSA) is 73.3 Å². The van der Waals surface area contributed by atoms with Gasteiger partial charge < -0.3 is 14.8 Å². The van der Waals surface area contributed by atoms with Crippen LogP contribution in [0.2, 0.25) is 5.02 Å². The van der Waals surface area contributed by atoms with Crippen LogP contribution in [0.1, 0.15) is 12.0 Å². The predicted molar refractivity (Wildman–Crippen MR) is 89.5 cm³/mol. The number of halogens is 1. The molecule has 0 fully saturated rings. The molecule has 2 heterocycles. The fourth-order valence-electron chi connectivity index (χ4n) is 1.99. The minimum absolute atomic E-state index is 0.0755. The Morgan fingerprint density at radius 1 is 1.39 bits per heavy atom. The van der Waals surface area contributed by atoms with E-state index in [4.69, 9.17) is 21.1 Å². The van der Waals surface area contributed by atoms with Gasteiger partial charge in [-0.1, -0.05) is 34.7 Å². The summed E-state index contributed by atoms with van der Waals surface area (Å²) in [5, 5.41) is 11.0. The lowest BCUT2D eigenvalue weighted by Gasteiger charge is -2.12. The van der Waals surface area contributed by atoms with E-state index in [9.17, 15) is 4.79 Å². The van der Waals surface area contributed by atoms with Crippen molar-refractivity contribution in [1.82, 2.24) is 15.5 Å². The maximum atomic E-state index is 11.9. The van der Waals surface area contributed by atoms with Gasteiger partial charge in [0.1, 0.15) is 5.51 Å². The number of aromatic nitrogens is 2. The van der Waals surface area contributed by atoms with Crippen molar-refractivity contribution in [1.29, 1.82) is 0 Å². The van der Waals surface area contributed by atoms with Gasteiger partial charge in [0, 0.05) is 13.0 Å². The SMILES string of the molecule is O=C(CSc1nncs1)NCc1cc(Cl)c2c(c1)OCCCO2. The van der Waals surface area contributed by atoms with E-state index >= 15 is 0 Å². The third kappa shape index (κ3) is 4.49. The predicted octanol–water partition coefficient (Wildman–Crippen LogP) is 2.76. The summed E-state index contributed by atoms with van der Waals surface area (Å²) >= 11 is 9.00.